The molecular weight excluding hydrogens is 362 g/mol. The molecular formula is C19H21N5O4. The Morgan fingerprint density at radius 1 is 0.964 bits per heavy atom. The number of carbonyl (C=O) groups is 2. The van der Waals surface area contributed by atoms with Crippen LogP contribution >= 0.6 is 0 Å². The molecule has 0 atom stereocenters. The van der Waals surface area contributed by atoms with Gasteiger partial charge in [-0.1, -0.05) is 0 Å². The summed E-state index contributed by atoms with van der Waals surface area (Å²) in [6.07, 6.45) is 2.98. The van der Waals surface area contributed by atoms with Crippen LogP contribution in [0.2, 0.25) is 0 Å². The van der Waals surface area contributed by atoms with Crippen molar-refractivity contribution in [1.82, 2.24) is 19.8 Å². The number of anilines is 2. The summed E-state index contributed by atoms with van der Waals surface area (Å²) in [6.45, 7) is 4.68. The van der Waals surface area contributed by atoms with Crippen LogP contribution in [0.1, 0.15) is 17.4 Å². The van der Waals surface area contributed by atoms with Crippen molar-refractivity contribution in [2.24, 2.45) is 0 Å². The average molecular weight is 383 g/mol. The quantitative estimate of drug-likeness (QED) is 0.853. The van der Waals surface area contributed by atoms with Crippen molar-refractivity contribution in [1.29, 1.82) is 0 Å². The number of ether oxygens (including phenoxy) is 2. The van der Waals surface area contributed by atoms with Crippen molar-refractivity contribution in [2.45, 2.75) is 6.92 Å². The van der Waals surface area contributed by atoms with Gasteiger partial charge in [0.05, 0.1) is 12.4 Å². The van der Waals surface area contributed by atoms with E-state index in [1.54, 1.807) is 9.80 Å². The van der Waals surface area contributed by atoms with Crippen molar-refractivity contribution < 1.29 is 19.1 Å². The van der Waals surface area contributed by atoms with Crippen LogP contribution in [0.5, 0.6) is 11.5 Å². The number of amides is 2. The highest BCUT2D eigenvalue weighted by molar-refractivity contribution is 5.92. The summed E-state index contributed by atoms with van der Waals surface area (Å²) in [5, 5.41) is 3.14. The van der Waals surface area contributed by atoms with Crippen LogP contribution in [0.3, 0.4) is 0 Å². The molecule has 1 fully saturated rings. The van der Waals surface area contributed by atoms with Gasteiger partial charge in [-0.05, 0) is 12.1 Å². The minimum absolute atomic E-state index is 0.0291. The van der Waals surface area contributed by atoms with Crippen LogP contribution in [-0.4, -0.2) is 71.0 Å². The number of nitrogens with one attached hydrogen (secondary N) is 1. The highest BCUT2D eigenvalue weighted by Crippen LogP contribution is 2.33. The van der Waals surface area contributed by atoms with Crippen LogP contribution in [0.4, 0.5) is 11.5 Å². The first kappa shape index (κ1) is 18.0. The van der Waals surface area contributed by atoms with E-state index in [1.165, 1.54) is 19.3 Å². The van der Waals surface area contributed by atoms with Crippen molar-refractivity contribution in [2.75, 3.05) is 44.7 Å². The molecule has 2 amide bonds. The highest BCUT2D eigenvalue weighted by Gasteiger charge is 2.24. The van der Waals surface area contributed by atoms with Gasteiger partial charge in [-0.3, -0.25) is 9.59 Å². The fourth-order valence-corrected chi connectivity index (χ4v) is 3.16. The Labute approximate surface area is 162 Å². The zero-order valence-electron chi connectivity index (χ0n) is 15.6. The molecule has 9 nitrogen and oxygen atoms in total. The Morgan fingerprint density at radius 3 is 2.36 bits per heavy atom. The van der Waals surface area contributed by atoms with Crippen LogP contribution in [0.25, 0.3) is 0 Å². The van der Waals surface area contributed by atoms with E-state index in [2.05, 4.69) is 15.3 Å². The van der Waals surface area contributed by atoms with Gasteiger partial charge >= 0.3 is 0 Å². The molecule has 9 heteroatoms. The largest absolute Gasteiger partial charge is 0.486 e. The molecule has 2 aliphatic heterocycles. The van der Waals surface area contributed by atoms with E-state index < -0.39 is 0 Å². The Morgan fingerprint density at radius 2 is 1.68 bits per heavy atom. The predicted octanol–water partition coefficient (Wildman–Crippen LogP) is 1.30. The highest BCUT2D eigenvalue weighted by atomic mass is 16.6. The standard InChI is InChI=1S/C19H21N5O4/c1-13(25)23-4-6-24(7-5-23)19(26)15-11-21-18(12-20-15)22-14-2-3-16-17(10-14)28-9-8-27-16/h2-3,10-12H,4-9H2,1H3,(H,21,22). The van der Waals surface area contributed by atoms with Gasteiger partial charge in [0.25, 0.3) is 5.91 Å². The molecule has 1 aromatic carbocycles. The molecule has 1 saturated heterocycles. The van der Waals surface area contributed by atoms with Crippen LogP contribution in [0, 0.1) is 0 Å². The average Bonchev–Trinajstić information content (AvgIpc) is 2.74. The lowest BCUT2D eigenvalue weighted by molar-refractivity contribution is -0.130. The third-order valence-corrected chi connectivity index (χ3v) is 4.70. The molecule has 28 heavy (non-hydrogen) atoms. The van der Waals surface area contributed by atoms with E-state index in [0.717, 1.165) is 5.69 Å². The van der Waals surface area contributed by atoms with Gasteiger partial charge in [0.15, 0.2) is 11.5 Å². The lowest BCUT2D eigenvalue weighted by atomic mass is 10.2. The summed E-state index contributed by atoms with van der Waals surface area (Å²) < 4.78 is 11.1. The summed E-state index contributed by atoms with van der Waals surface area (Å²) in [5.74, 6) is 1.77. The monoisotopic (exact) mass is 383 g/mol. The second-order valence-electron chi connectivity index (χ2n) is 6.57. The molecule has 146 valence electrons. The summed E-state index contributed by atoms with van der Waals surface area (Å²) in [5.41, 5.74) is 1.07. The maximum absolute atomic E-state index is 12.6. The molecule has 0 aliphatic carbocycles. The molecule has 2 aliphatic rings. The summed E-state index contributed by atoms with van der Waals surface area (Å²) in [4.78, 5) is 35.9. The van der Waals surface area contributed by atoms with E-state index >= 15 is 0 Å². The van der Waals surface area contributed by atoms with E-state index in [-0.39, 0.29) is 17.5 Å². The van der Waals surface area contributed by atoms with Gasteiger partial charge in [-0.25, -0.2) is 9.97 Å². The second kappa shape index (κ2) is 7.71. The van der Waals surface area contributed by atoms with Crippen molar-refractivity contribution in [3.05, 3.63) is 36.3 Å². The third kappa shape index (κ3) is 3.83. The van der Waals surface area contributed by atoms with Gasteiger partial charge in [-0.15, -0.1) is 0 Å². The van der Waals surface area contributed by atoms with E-state index in [0.29, 0.717) is 56.7 Å². The smallest absolute Gasteiger partial charge is 0.274 e. The first-order chi connectivity index (χ1) is 13.6. The number of rotatable bonds is 3. The van der Waals surface area contributed by atoms with Gasteiger partial charge in [0, 0.05) is 44.9 Å². The number of aromatic nitrogens is 2. The van der Waals surface area contributed by atoms with Crippen molar-refractivity contribution >= 4 is 23.3 Å². The topological polar surface area (TPSA) is 96.9 Å². The van der Waals surface area contributed by atoms with Crippen molar-refractivity contribution in [3.8, 4) is 11.5 Å². The van der Waals surface area contributed by atoms with Gasteiger partial charge in [0.2, 0.25) is 5.91 Å². The van der Waals surface area contributed by atoms with Gasteiger partial charge < -0.3 is 24.6 Å². The first-order valence-corrected chi connectivity index (χ1v) is 9.13. The van der Waals surface area contributed by atoms with Crippen molar-refractivity contribution in [3.63, 3.8) is 0 Å². The molecule has 1 N–H and O–H groups in total. The fourth-order valence-electron chi connectivity index (χ4n) is 3.16. The molecule has 0 unspecified atom stereocenters. The fraction of sp³-hybridized carbons (Fsp3) is 0.368. The molecule has 0 radical (unpaired) electrons. The minimum atomic E-state index is -0.179. The molecule has 0 bridgehead atoms. The van der Waals surface area contributed by atoms with Crippen LogP contribution in [0.15, 0.2) is 30.6 Å². The van der Waals surface area contributed by atoms with E-state index in [4.69, 9.17) is 9.47 Å². The molecule has 0 spiro atoms. The Balaban J connectivity index is 1.39. The summed E-state index contributed by atoms with van der Waals surface area (Å²) in [7, 11) is 0. The third-order valence-electron chi connectivity index (χ3n) is 4.70. The Hall–Kier alpha value is -3.36. The Bertz CT molecular complexity index is 878. The van der Waals surface area contributed by atoms with Crippen LogP contribution < -0.4 is 14.8 Å². The molecule has 1 aromatic heterocycles. The maximum atomic E-state index is 12.6. The lowest BCUT2D eigenvalue weighted by Gasteiger charge is -2.33. The number of hydrogen-bond donors (Lipinski definition) is 1. The predicted molar refractivity (Wildman–Crippen MR) is 101 cm³/mol. The first-order valence-electron chi connectivity index (χ1n) is 9.13. The molecule has 2 aromatic rings. The molecule has 3 heterocycles. The normalized spacial score (nSPS) is 15.9. The van der Waals surface area contributed by atoms with Crippen LogP contribution in [-0.2, 0) is 4.79 Å². The number of hydrogen-bond acceptors (Lipinski definition) is 7. The molecule has 4 rings (SSSR count). The molecule has 0 saturated carbocycles. The number of nitrogens with zero attached hydrogens (tertiary/aromatic N) is 4. The lowest BCUT2D eigenvalue weighted by Crippen LogP contribution is -2.50. The van der Waals surface area contributed by atoms with E-state index in [1.807, 2.05) is 18.2 Å². The van der Waals surface area contributed by atoms with Gasteiger partial charge in [0.1, 0.15) is 24.7 Å². The number of carbonyl (C=O) groups excluding carboxylic acids is 2. The zero-order valence-corrected chi connectivity index (χ0v) is 15.6. The maximum Gasteiger partial charge on any atom is 0.274 e. The number of piperazine rings is 1. The minimum Gasteiger partial charge on any atom is -0.486 e. The Kier molecular flexibility index (Phi) is 4.96. The number of benzene rings is 1. The number of fused-ring (bicyclic) bond motifs is 1. The zero-order chi connectivity index (χ0) is 19.5. The summed E-state index contributed by atoms with van der Waals surface area (Å²) in [6, 6.07) is 5.54. The summed E-state index contributed by atoms with van der Waals surface area (Å²) >= 11 is 0. The SMILES string of the molecule is CC(=O)N1CCN(C(=O)c2cnc(Nc3ccc4c(c3)OCCO4)cn2)CC1. The van der Waals surface area contributed by atoms with Gasteiger partial charge in [-0.2, -0.15) is 0 Å². The second-order valence-corrected chi connectivity index (χ2v) is 6.57. The van der Waals surface area contributed by atoms with E-state index in [9.17, 15) is 9.59 Å².